The van der Waals surface area contributed by atoms with Crippen molar-refractivity contribution in [3.8, 4) is 17.2 Å². The fraction of sp³-hybridized carbons (Fsp3) is 0.524. The van der Waals surface area contributed by atoms with Gasteiger partial charge in [-0.3, -0.25) is 9.59 Å². The van der Waals surface area contributed by atoms with Crippen molar-refractivity contribution in [1.82, 2.24) is 5.32 Å². The Labute approximate surface area is 159 Å². The van der Waals surface area contributed by atoms with E-state index in [2.05, 4.69) is 5.32 Å². The Morgan fingerprint density at radius 1 is 1.07 bits per heavy atom. The van der Waals surface area contributed by atoms with Gasteiger partial charge in [-0.05, 0) is 49.0 Å². The van der Waals surface area contributed by atoms with E-state index >= 15 is 0 Å². The van der Waals surface area contributed by atoms with E-state index in [1.807, 2.05) is 6.07 Å². The van der Waals surface area contributed by atoms with Crippen molar-refractivity contribution in [1.29, 1.82) is 0 Å². The SMILES string of the molecule is COc1cc2c(c(OC)c1OC)C1CCCC(=O)C=C1C(NC(C)=O)CC2. The van der Waals surface area contributed by atoms with Gasteiger partial charge in [-0.25, -0.2) is 0 Å². The fourth-order valence-corrected chi connectivity index (χ4v) is 4.35. The van der Waals surface area contributed by atoms with Crippen LogP contribution in [0, 0.1) is 0 Å². The van der Waals surface area contributed by atoms with E-state index in [1.165, 1.54) is 6.92 Å². The summed E-state index contributed by atoms with van der Waals surface area (Å²) in [6.07, 6.45) is 5.36. The van der Waals surface area contributed by atoms with Gasteiger partial charge in [0.1, 0.15) is 0 Å². The van der Waals surface area contributed by atoms with Crippen molar-refractivity contribution in [2.24, 2.45) is 0 Å². The molecule has 2 unspecified atom stereocenters. The lowest BCUT2D eigenvalue weighted by Gasteiger charge is -2.27. The number of hydrogen-bond acceptors (Lipinski definition) is 5. The molecule has 0 saturated heterocycles. The molecule has 27 heavy (non-hydrogen) atoms. The van der Waals surface area contributed by atoms with Crippen molar-refractivity contribution < 1.29 is 23.8 Å². The summed E-state index contributed by atoms with van der Waals surface area (Å²) in [5.41, 5.74) is 3.13. The zero-order valence-corrected chi connectivity index (χ0v) is 16.4. The zero-order chi connectivity index (χ0) is 19.6. The predicted molar refractivity (Wildman–Crippen MR) is 102 cm³/mol. The second-order valence-electron chi connectivity index (χ2n) is 7.07. The molecule has 0 saturated carbocycles. The van der Waals surface area contributed by atoms with Gasteiger partial charge >= 0.3 is 0 Å². The number of benzene rings is 1. The van der Waals surface area contributed by atoms with Crippen LogP contribution in [0.25, 0.3) is 0 Å². The lowest BCUT2D eigenvalue weighted by Crippen LogP contribution is -2.36. The van der Waals surface area contributed by atoms with Gasteiger partial charge in [-0.2, -0.15) is 0 Å². The number of amides is 1. The number of hydrogen-bond donors (Lipinski definition) is 1. The van der Waals surface area contributed by atoms with Gasteiger partial charge in [-0.15, -0.1) is 0 Å². The predicted octanol–water partition coefficient (Wildman–Crippen LogP) is 2.93. The lowest BCUT2D eigenvalue weighted by molar-refractivity contribution is -0.119. The third kappa shape index (κ3) is 3.66. The van der Waals surface area contributed by atoms with Crippen LogP contribution in [-0.4, -0.2) is 39.1 Å². The molecule has 2 aliphatic carbocycles. The van der Waals surface area contributed by atoms with Gasteiger partial charge in [0.05, 0.1) is 27.4 Å². The summed E-state index contributed by atoms with van der Waals surface area (Å²) >= 11 is 0. The number of carbonyl (C=O) groups excluding carboxylic acids is 2. The minimum absolute atomic E-state index is 0.000515. The summed E-state index contributed by atoms with van der Waals surface area (Å²) < 4.78 is 16.9. The number of nitrogens with one attached hydrogen (secondary N) is 1. The van der Waals surface area contributed by atoms with Crippen molar-refractivity contribution in [2.75, 3.05) is 21.3 Å². The van der Waals surface area contributed by atoms with Crippen LogP contribution in [0.2, 0.25) is 0 Å². The lowest BCUT2D eigenvalue weighted by atomic mass is 9.83. The Bertz CT molecular complexity index is 783. The highest BCUT2D eigenvalue weighted by atomic mass is 16.5. The highest BCUT2D eigenvalue weighted by Gasteiger charge is 2.36. The van der Waals surface area contributed by atoms with Crippen LogP contribution in [0.1, 0.15) is 49.7 Å². The van der Waals surface area contributed by atoms with E-state index < -0.39 is 0 Å². The van der Waals surface area contributed by atoms with Crippen LogP contribution >= 0.6 is 0 Å². The summed E-state index contributed by atoms with van der Waals surface area (Å²) in [6.45, 7) is 1.51. The van der Waals surface area contributed by atoms with Crippen molar-refractivity contribution >= 4 is 11.7 Å². The molecule has 0 fully saturated rings. The quantitative estimate of drug-likeness (QED) is 0.878. The van der Waals surface area contributed by atoms with Gasteiger partial charge in [0.25, 0.3) is 0 Å². The topological polar surface area (TPSA) is 73.9 Å². The van der Waals surface area contributed by atoms with Gasteiger partial charge in [-0.1, -0.05) is 0 Å². The largest absolute Gasteiger partial charge is 0.493 e. The minimum atomic E-state index is -0.163. The normalized spacial score (nSPS) is 21.8. The molecule has 0 heterocycles. The van der Waals surface area contributed by atoms with Gasteiger partial charge in [0.2, 0.25) is 11.7 Å². The van der Waals surface area contributed by atoms with Crippen molar-refractivity contribution in [3.05, 3.63) is 28.8 Å². The Morgan fingerprint density at radius 2 is 1.81 bits per heavy atom. The number of carbonyl (C=O) groups is 2. The van der Waals surface area contributed by atoms with Gasteiger partial charge in [0.15, 0.2) is 17.3 Å². The molecule has 1 amide bonds. The smallest absolute Gasteiger partial charge is 0.217 e. The average molecular weight is 373 g/mol. The van der Waals surface area contributed by atoms with E-state index in [4.69, 9.17) is 14.2 Å². The molecular weight excluding hydrogens is 346 g/mol. The van der Waals surface area contributed by atoms with Crippen molar-refractivity contribution in [2.45, 2.75) is 51.0 Å². The van der Waals surface area contributed by atoms with Gasteiger partial charge in [0, 0.05) is 24.8 Å². The number of ketones is 1. The fourth-order valence-electron chi connectivity index (χ4n) is 4.35. The van der Waals surface area contributed by atoms with E-state index in [9.17, 15) is 9.59 Å². The Morgan fingerprint density at radius 3 is 2.44 bits per heavy atom. The third-order valence-corrected chi connectivity index (χ3v) is 5.43. The maximum atomic E-state index is 12.3. The van der Waals surface area contributed by atoms with Crippen LogP contribution in [0.15, 0.2) is 17.7 Å². The minimum Gasteiger partial charge on any atom is -0.493 e. The second kappa shape index (κ2) is 8.03. The molecule has 1 N–H and O–H groups in total. The van der Waals surface area contributed by atoms with Crippen molar-refractivity contribution in [3.63, 3.8) is 0 Å². The molecule has 6 nitrogen and oxygen atoms in total. The second-order valence-corrected chi connectivity index (χ2v) is 7.07. The van der Waals surface area contributed by atoms with Crippen LogP contribution in [0.3, 0.4) is 0 Å². The first-order valence-electron chi connectivity index (χ1n) is 9.33. The molecule has 146 valence electrons. The maximum Gasteiger partial charge on any atom is 0.217 e. The molecule has 6 heteroatoms. The van der Waals surface area contributed by atoms with Gasteiger partial charge < -0.3 is 19.5 Å². The van der Waals surface area contributed by atoms with E-state index in [1.54, 1.807) is 27.4 Å². The first-order chi connectivity index (χ1) is 13.0. The number of ether oxygens (including phenoxy) is 3. The highest BCUT2D eigenvalue weighted by molar-refractivity contribution is 5.91. The third-order valence-electron chi connectivity index (χ3n) is 5.43. The molecule has 1 aromatic rings. The molecule has 1 aromatic carbocycles. The molecule has 3 rings (SSSR count). The molecule has 2 aliphatic rings. The first kappa shape index (κ1) is 19.3. The Balaban J connectivity index is 2.22. The highest BCUT2D eigenvalue weighted by Crippen LogP contribution is 2.50. The van der Waals surface area contributed by atoms with Crippen LogP contribution < -0.4 is 19.5 Å². The van der Waals surface area contributed by atoms with Crippen LogP contribution in [0.5, 0.6) is 17.2 Å². The van der Waals surface area contributed by atoms with E-state index in [0.717, 1.165) is 42.4 Å². The molecule has 0 bridgehead atoms. The molecular formula is C21H27NO5. The number of fused-ring (bicyclic) bond motifs is 3. The summed E-state index contributed by atoms with van der Waals surface area (Å²) in [5, 5.41) is 3.04. The Kier molecular flexibility index (Phi) is 5.73. The number of allylic oxidation sites excluding steroid dienone is 1. The summed E-state index contributed by atoms with van der Waals surface area (Å²) in [6, 6.07) is 1.83. The Hall–Kier alpha value is -2.50. The monoisotopic (exact) mass is 373 g/mol. The van der Waals surface area contributed by atoms with E-state index in [-0.39, 0.29) is 23.7 Å². The number of aryl methyl sites for hydroxylation is 1. The first-order valence-corrected chi connectivity index (χ1v) is 9.33. The molecule has 0 spiro atoms. The molecule has 0 aliphatic heterocycles. The summed E-state index contributed by atoms with van der Waals surface area (Å²) in [7, 11) is 4.83. The number of rotatable bonds is 4. The van der Waals surface area contributed by atoms with Crippen LogP contribution in [-0.2, 0) is 16.0 Å². The zero-order valence-electron chi connectivity index (χ0n) is 16.4. The van der Waals surface area contributed by atoms with Crippen LogP contribution in [0.4, 0.5) is 0 Å². The molecule has 0 aromatic heterocycles. The molecule has 2 atom stereocenters. The average Bonchev–Trinajstić information content (AvgIpc) is 2.91. The maximum absolute atomic E-state index is 12.3. The summed E-state index contributed by atoms with van der Waals surface area (Å²) in [5.74, 6) is 1.87. The number of methoxy groups -OCH3 is 3. The standard InChI is InChI=1S/C21H27NO5/c1-12(23)22-17-9-8-13-10-18(25-2)20(26-3)21(27-4)19(13)15-7-5-6-14(24)11-16(15)17/h10-11,15,17H,5-9H2,1-4H3,(H,22,23). The summed E-state index contributed by atoms with van der Waals surface area (Å²) in [4.78, 5) is 24.1. The van der Waals surface area contributed by atoms with E-state index in [0.29, 0.717) is 23.7 Å². The molecule has 0 radical (unpaired) electrons.